The fourth-order valence-corrected chi connectivity index (χ4v) is 4.73. The summed E-state index contributed by atoms with van der Waals surface area (Å²) in [5.41, 5.74) is 0.276. The summed E-state index contributed by atoms with van der Waals surface area (Å²) in [5, 5.41) is 3.59. The van der Waals surface area contributed by atoms with Gasteiger partial charge in [0.05, 0.1) is 4.34 Å². The molecule has 0 radical (unpaired) electrons. The summed E-state index contributed by atoms with van der Waals surface area (Å²) in [5.74, 6) is 0.872. The summed E-state index contributed by atoms with van der Waals surface area (Å²) in [6.45, 7) is 2.38. The second-order valence-electron chi connectivity index (χ2n) is 6.43. The lowest BCUT2D eigenvalue weighted by atomic mass is 9.71. The molecule has 1 atom stereocenters. The zero-order valence-corrected chi connectivity index (χ0v) is 14.7. The molecule has 1 saturated carbocycles. The Kier molecular flexibility index (Phi) is 5.52. The minimum Gasteiger partial charge on any atom is -0.315 e. The van der Waals surface area contributed by atoms with Gasteiger partial charge in [0.1, 0.15) is 0 Å². The van der Waals surface area contributed by atoms with Crippen LogP contribution in [0, 0.1) is 5.92 Å². The Morgan fingerprint density at radius 3 is 2.50 bits per heavy atom. The highest BCUT2D eigenvalue weighted by Gasteiger charge is 2.42. The topological polar surface area (TPSA) is 15.3 Å². The van der Waals surface area contributed by atoms with Crippen molar-refractivity contribution in [2.45, 2.75) is 50.6 Å². The van der Waals surface area contributed by atoms with Crippen LogP contribution in [0.25, 0.3) is 0 Å². The molecular weight excluding hydrogens is 288 g/mol. The van der Waals surface area contributed by atoms with Gasteiger partial charge >= 0.3 is 0 Å². The van der Waals surface area contributed by atoms with Crippen LogP contribution in [-0.2, 0) is 6.42 Å². The third-order valence-electron chi connectivity index (χ3n) is 5.06. The lowest BCUT2D eigenvalue weighted by molar-refractivity contribution is 0.0464. The minimum atomic E-state index is 0.276. The van der Waals surface area contributed by atoms with E-state index >= 15 is 0 Å². The summed E-state index contributed by atoms with van der Waals surface area (Å²) in [6.07, 6.45) is 6.31. The molecule has 0 aromatic carbocycles. The Hall–Kier alpha value is -0.0900. The van der Waals surface area contributed by atoms with E-state index in [-0.39, 0.29) is 5.54 Å². The maximum absolute atomic E-state index is 6.08. The van der Waals surface area contributed by atoms with Crippen LogP contribution >= 0.6 is 22.9 Å². The first-order valence-corrected chi connectivity index (χ1v) is 8.76. The first kappa shape index (κ1) is 16.3. The molecule has 1 fully saturated rings. The maximum Gasteiger partial charge on any atom is 0.0931 e. The summed E-state index contributed by atoms with van der Waals surface area (Å²) in [4.78, 5) is 3.84. The number of likely N-dealkylation sites (N-methyl/N-ethyl adjacent to an activating group) is 2. The molecule has 1 heterocycles. The zero-order chi connectivity index (χ0) is 14.8. The molecule has 0 bridgehead atoms. The minimum absolute atomic E-state index is 0.276. The molecule has 0 amide bonds. The number of hydrogen-bond acceptors (Lipinski definition) is 3. The molecule has 0 saturated heterocycles. The molecule has 1 aromatic rings. The third kappa shape index (κ3) is 3.38. The first-order chi connectivity index (χ1) is 9.48. The van der Waals surface area contributed by atoms with Crippen LogP contribution in [0.15, 0.2) is 12.1 Å². The highest BCUT2D eigenvalue weighted by atomic mass is 35.5. The molecule has 20 heavy (non-hydrogen) atoms. The van der Waals surface area contributed by atoms with Gasteiger partial charge in [0.25, 0.3) is 0 Å². The van der Waals surface area contributed by atoms with Gasteiger partial charge in [-0.2, -0.15) is 0 Å². The highest BCUT2D eigenvalue weighted by Crippen LogP contribution is 2.39. The van der Waals surface area contributed by atoms with Gasteiger partial charge in [-0.1, -0.05) is 18.5 Å². The largest absolute Gasteiger partial charge is 0.315 e. The lowest BCUT2D eigenvalue weighted by Crippen LogP contribution is -2.60. The van der Waals surface area contributed by atoms with E-state index in [2.05, 4.69) is 44.3 Å². The molecule has 1 N–H and O–H groups in total. The zero-order valence-electron chi connectivity index (χ0n) is 13.1. The molecule has 2 nitrogen and oxygen atoms in total. The van der Waals surface area contributed by atoms with Crippen molar-refractivity contribution < 1.29 is 0 Å². The molecule has 2 rings (SSSR count). The molecule has 1 unspecified atom stereocenters. The number of nitrogens with zero attached hydrogens (tertiary/aromatic N) is 1. The van der Waals surface area contributed by atoms with Crippen LogP contribution in [0.2, 0.25) is 4.34 Å². The number of hydrogen-bond donors (Lipinski definition) is 1. The van der Waals surface area contributed by atoms with Gasteiger partial charge in [0, 0.05) is 16.5 Å². The number of nitrogens with one attached hydrogen (secondary N) is 1. The SMILES string of the molecule is CNC(Cc1ccc(Cl)s1)C1(N(C)C)CCC(C)CC1. The monoisotopic (exact) mass is 314 g/mol. The third-order valence-corrected chi connectivity index (χ3v) is 6.32. The number of thiophene rings is 1. The van der Waals surface area contributed by atoms with E-state index in [0.717, 1.165) is 16.7 Å². The molecule has 0 spiro atoms. The van der Waals surface area contributed by atoms with Gasteiger partial charge in [-0.3, -0.25) is 0 Å². The van der Waals surface area contributed by atoms with Crippen molar-refractivity contribution in [1.82, 2.24) is 10.2 Å². The van der Waals surface area contributed by atoms with E-state index < -0.39 is 0 Å². The van der Waals surface area contributed by atoms with Crippen molar-refractivity contribution in [2.75, 3.05) is 21.1 Å². The normalized spacial score (nSPS) is 28.8. The second-order valence-corrected chi connectivity index (χ2v) is 8.23. The van der Waals surface area contributed by atoms with E-state index in [1.165, 1.54) is 30.6 Å². The van der Waals surface area contributed by atoms with Crippen molar-refractivity contribution in [1.29, 1.82) is 0 Å². The summed E-state index contributed by atoms with van der Waals surface area (Å²) < 4.78 is 0.894. The maximum atomic E-state index is 6.08. The van der Waals surface area contributed by atoms with E-state index in [0.29, 0.717) is 6.04 Å². The lowest BCUT2D eigenvalue weighted by Gasteiger charge is -2.49. The van der Waals surface area contributed by atoms with Gasteiger partial charge in [0.2, 0.25) is 0 Å². The molecular formula is C16H27ClN2S. The fourth-order valence-electron chi connectivity index (χ4n) is 3.59. The predicted molar refractivity (Wildman–Crippen MR) is 89.9 cm³/mol. The van der Waals surface area contributed by atoms with Gasteiger partial charge in [-0.25, -0.2) is 0 Å². The van der Waals surface area contributed by atoms with Crippen LogP contribution in [0.4, 0.5) is 0 Å². The van der Waals surface area contributed by atoms with Crippen molar-refractivity contribution in [3.8, 4) is 0 Å². The summed E-state index contributed by atoms with van der Waals surface area (Å²) >= 11 is 7.79. The van der Waals surface area contributed by atoms with Gasteiger partial charge in [-0.15, -0.1) is 11.3 Å². The standard InChI is InChI=1S/C16H27ClN2S/c1-12-7-9-16(10-8-12,19(3)4)14(18-2)11-13-5-6-15(17)20-13/h5-6,12,14,18H,7-11H2,1-4H3. The molecule has 4 heteroatoms. The first-order valence-electron chi connectivity index (χ1n) is 7.57. The van der Waals surface area contributed by atoms with Crippen LogP contribution in [0.3, 0.4) is 0 Å². The molecule has 1 aromatic heterocycles. The second kappa shape index (κ2) is 6.78. The average Bonchev–Trinajstić information content (AvgIpc) is 2.82. The summed E-state index contributed by atoms with van der Waals surface area (Å²) in [7, 11) is 6.58. The Bertz CT molecular complexity index is 422. The van der Waals surface area contributed by atoms with Crippen LogP contribution in [0.5, 0.6) is 0 Å². The number of halogens is 1. The van der Waals surface area contributed by atoms with E-state index in [1.54, 1.807) is 11.3 Å². The van der Waals surface area contributed by atoms with E-state index in [1.807, 2.05) is 6.07 Å². The van der Waals surface area contributed by atoms with Crippen molar-refractivity contribution in [2.24, 2.45) is 5.92 Å². The van der Waals surface area contributed by atoms with E-state index in [4.69, 9.17) is 11.6 Å². The average molecular weight is 315 g/mol. The quantitative estimate of drug-likeness (QED) is 0.882. The highest BCUT2D eigenvalue weighted by molar-refractivity contribution is 7.16. The Labute approximate surface area is 132 Å². The van der Waals surface area contributed by atoms with Crippen LogP contribution in [-0.4, -0.2) is 37.6 Å². The van der Waals surface area contributed by atoms with Crippen LogP contribution in [0.1, 0.15) is 37.5 Å². The van der Waals surface area contributed by atoms with Gasteiger partial charge in [0.15, 0.2) is 0 Å². The number of rotatable bonds is 5. The Morgan fingerprint density at radius 1 is 1.40 bits per heavy atom. The van der Waals surface area contributed by atoms with Crippen molar-refractivity contribution >= 4 is 22.9 Å². The smallest absolute Gasteiger partial charge is 0.0931 e. The van der Waals surface area contributed by atoms with Gasteiger partial charge < -0.3 is 10.2 Å². The molecule has 1 aliphatic rings. The fraction of sp³-hybridized carbons (Fsp3) is 0.750. The molecule has 0 aliphatic heterocycles. The Balaban J connectivity index is 2.17. The molecule has 1 aliphatic carbocycles. The van der Waals surface area contributed by atoms with Crippen molar-refractivity contribution in [3.05, 3.63) is 21.3 Å². The van der Waals surface area contributed by atoms with Crippen molar-refractivity contribution in [3.63, 3.8) is 0 Å². The van der Waals surface area contributed by atoms with Crippen LogP contribution < -0.4 is 5.32 Å². The van der Waals surface area contributed by atoms with Gasteiger partial charge in [-0.05, 0) is 71.3 Å². The van der Waals surface area contributed by atoms with E-state index in [9.17, 15) is 0 Å². The molecule has 114 valence electrons. The summed E-state index contributed by atoms with van der Waals surface area (Å²) in [6, 6.07) is 4.67. The Morgan fingerprint density at radius 2 is 2.05 bits per heavy atom. The predicted octanol–water partition coefficient (Wildman–Crippen LogP) is 4.04.